The first kappa shape index (κ1) is 19.2. The van der Waals surface area contributed by atoms with Crippen molar-refractivity contribution in [3.8, 4) is 0 Å². The van der Waals surface area contributed by atoms with E-state index in [2.05, 4.69) is 0 Å². The molecule has 3 aromatic carbocycles. The predicted molar refractivity (Wildman–Crippen MR) is 123 cm³/mol. The molecule has 2 amide bonds. The number of carbonyl (C=O) groups is 3. The van der Waals surface area contributed by atoms with Crippen LogP contribution in [0.2, 0.25) is 0 Å². The van der Waals surface area contributed by atoms with E-state index in [0.717, 1.165) is 44.0 Å². The zero-order valence-electron chi connectivity index (χ0n) is 16.3. The highest BCUT2D eigenvalue weighted by Crippen LogP contribution is 2.35. The van der Waals surface area contributed by atoms with E-state index in [4.69, 9.17) is 4.98 Å². The number of benzene rings is 3. The number of imide groups is 1. The lowest BCUT2D eigenvalue weighted by Crippen LogP contribution is -2.33. The SMILES string of the molecule is O=C(CN1C(=O)SC(=Cc2c3ccccc3nc3ccccc23)C1=O)c1ccccc1. The molecule has 31 heavy (non-hydrogen) atoms. The Balaban J connectivity index is 1.54. The molecule has 5 rings (SSSR count). The van der Waals surface area contributed by atoms with Gasteiger partial charge in [-0.3, -0.25) is 19.3 Å². The number of rotatable bonds is 4. The second kappa shape index (κ2) is 7.81. The van der Waals surface area contributed by atoms with Gasteiger partial charge in [-0.25, -0.2) is 4.98 Å². The standard InChI is InChI=1S/C25H16N2O3S/c28-22(16-8-2-1-3-9-16)15-27-24(29)23(31-25(27)30)14-19-17-10-4-6-12-20(17)26-21-13-7-5-11-18(19)21/h1-14H,15H2. The summed E-state index contributed by atoms with van der Waals surface area (Å²) in [6, 6.07) is 24.1. The number of amides is 2. The molecule has 2 heterocycles. The first-order chi connectivity index (χ1) is 15.1. The summed E-state index contributed by atoms with van der Waals surface area (Å²) in [4.78, 5) is 44.1. The summed E-state index contributed by atoms with van der Waals surface area (Å²) in [5.74, 6) is -0.729. The van der Waals surface area contributed by atoms with Crippen LogP contribution in [0.3, 0.4) is 0 Å². The fourth-order valence-corrected chi connectivity index (χ4v) is 4.47. The topological polar surface area (TPSA) is 67.3 Å². The zero-order chi connectivity index (χ0) is 21.4. The molecule has 0 atom stereocenters. The molecule has 0 N–H and O–H groups in total. The molecule has 0 spiro atoms. The van der Waals surface area contributed by atoms with Gasteiger partial charge in [-0.05, 0) is 35.5 Å². The zero-order valence-corrected chi connectivity index (χ0v) is 17.1. The molecule has 0 saturated carbocycles. The summed E-state index contributed by atoms with van der Waals surface area (Å²) < 4.78 is 0. The van der Waals surface area contributed by atoms with Crippen molar-refractivity contribution in [3.63, 3.8) is 0 Å². The van der Waals surface area contributed by atoms with Crippen LogP contribution < -0.4 is 0 Å². The van der Waals surface area contributed by atoms with E-state index in [1.54, 1.807) is 30.3 Å². The van der Waals surface area contributed by atoms with Gasteiger partial charge in [-0.15, -0.1) is 0 Å². The lowest BCUT2D eigenvalue weighted by molar-refractivity contribution is -0.122. The number of carbonyl (C=O) groups excluding carboxylic acids is 3. The van der Waals surface area contributed by atoms with Gasteiger partial charge < -0.3 is 0 Å². The van der Waals surface area contributed by atoms with Crippen molar-refractivity contribution in [2.75, 3.05) is 6.54 Å². The Bertz CT molecular complexity index is 1340. The van der Waals surface area contributed by atoms with E-state index in [-0.39, 0.29) is 12.3 Å². The smallest absolute Gasteiger partial charge is 0.292 e. The monoisotopic (exact) mass is 424 g/mol. The van der Waals surface area contributed by atoms with Gasteiger partial charge in [0, 0.05) is 16.3 Å². The van der Waals surface area contributed by atoms with Crippen LogP contribution in [0.4, 0.5) is 4.79 Å². The lowest BCUT2D eigenvalue weighted by atomic mass is 10.0. The predicted octanol–water partition coefficient (Wildman–Crippen LogP) is 5.31. The average Bonchev–Trinajstić information content (AvgIpc) is 3.06. The number of pyridine rings is 1. The molecule has 1 aromatic heterocycles. The van der Waals surface area contributed by atoms with Gasteiger partial charge in [0.05, 0.1) is 22.5 Å². The molecule has 150 valence electrons. The van der Waals surface area contributed by atoms with Crippen molar-refractivity contribution < 1.29 is 14.4 Å². The molecule has 0 radical (unpaired) electrons. The number of Topliss-reactive ketones (excluding diaryl/α,β-unsaturated/α-hetero) is 1. The van der Waals surface area contributed by atoms with E-state index in [1.807, 2.05) is 54.6 Å². The Morgan fingerprint density at radius 1 is 0.839 bits per heavy atom. The van der Waals surface area contributed by atoms with E-state index < -0.39 is 11.1 Å². The van der Waals surface area contributed by atoms with Gasteiger partial charge in [0.15, 0.2) is 5.78 Å². The molecule has 1 aliphatic heterocycles. The molecule has 0 aliphatic carbocycles. The number of fused-ring (bicyclic) bond motifs is 2. The summed E-state index contributed by atoms with van der Waals surface area (Å²) in [5.41, 5.74) is 2.93. The van der Waals surface area contributed by atoms with Gasteiger partial charge in [0.1, 0.15) is 0 Å². The Morgan fingerprint density at radius 3 is 2.06 bits per heavy atom. The quantitative estimate of drug-likeness (QED) is 0.252. The summed E-state index contributed by atoms with van der Waals surface area (Å²) in [6.07, 6.45) is 1.74. The molecule has 4 aromatic rings. The molecule has 1 saturated heterocycles. The maximum absolute atomic E-state index is 13.0. The first-order valence-electron chi connectivity index (χ1n) is 9.73. The minimum atomic E-state index is -0.454. The third-order valence-electron chi connectivity index (χ3n) is 5.18. The summed E-state index contributed by atoms with van der Waals surface area (Å²) in [6.45, 7) is -0.274. The van der Waals surface area contributed by atoms with Gasteiger partial charge >= 0.3 is 0 Å². The second-order valence-corrected chi connectivity index (χ2v) is 8.11. The van der Waals surface area contributed by atoms with Crippen molar-refractivity contribution in [3.05, 3.63) is 94.9 Å². The van der Waals surface area contributed by atoms with Crippen LogP contribution >= 0.6 is 11.8 Å². The number of aromatic nitrogens is 1. The van der Waals surface area contributed by atoms with Crippen LogP contribution in [-0.4, -0.2) is 33.4 Å². The molecule has 0 unspecified atom stereocenters. The van der Waals surface area contributed by atoms with Crippen molar-refractivity contribution in [2.24, 2.45) is 0 Å². The molecular formula is C25H16N2O3S. The largest absolute Gasteiger partial charge is 0.293 e. The fourth-order valence-electron chi connectivity index (χ4n) is 3.65. The van der Waals surface area contributed by atoms with Gasteiger partial charge in [0.2, 0.25) is 0 Å². The number of hydrogen-bond acceptors (Lipinski definition) is 5. The van der Waals surface area contributed by atoms with Crippen LogP contribution in [0, 0.1) is 0 Å². The number of para-hydroxylation sites is 2. The third-order valence-corrected chi connectivity index (χ3v) is 6.08. The molecular weight excluding hydrogens is 408 g/mol. The van der Waals surface area contributed by atoms with Crippen LogP contribution in [-0.2, 0) is 4.79 Å². The Hall–Kier alpha value is -3.77. The normalized spacial score (nSPS) is 15.4. The van der Waals surface area contributed by atoms with Crippen LogP contribution in [0.1, 0.15) is 15.9 Å². The number of ketones is 1. The van der Waals surface area contributed by atoms with Crippen molar-refractivity contribution in [1.29, 1.82) is 0 Å². The molecule has 0 bridgehead atoms. The van der Waals surface area contributed by atoms with Crippen LogP contribution in [0.25, 0.3) is 27.9 Å². The maximum Gasteiger partial charge on any atom is 0.293 e. The van der Waals surface area contributed by atoms with E-state index in [0.29, 0.717) is 10.5 Å². The summed E-state index contributed by atoms with van der Waals surface area (Å²) >= 11 is 0.857. The van der Waals surface area contributed by atoms with Gasteiger partial charge in [0.25, 0.3) is 11.1 Å². The maximum atomic E-state index is 13.0. The summed E-state index contributed by atoms with van der Waals surface area (Å²) in [7, 11) is 0. The second-order valence-electron chi connectivity index (χ2n) is 7.12. The average molecular weight is 424 g/mol. The Kier molecular flexibility index (Phi) is 4.84. The number of hydrogen-bond donors (Lipinski definition) is 0. The highest BCUT2D eigenvalue weighted by Gasteiger charge is 2.36. The molecule has 1 aliphatic rings. The van der Waals surface area contributed by atoms with E-state index in [9.17, 15) is 14.4 Å². The lowest BCUT2D eigenvalue weighted by Gasteiger charge is -2.11. The highest BCUT2D eigenvalue weighted by atomic mass is 32.2. The minimum absolute atomic E-state index is 0.274. The number of thioether (sulfide) groups is 1. The van der Waals surface area contributed by atoms with Gasteiger partial charge in [-0.1, -0.05) is 66.7 Å². The van der Waals surface area contributed by atoms with Crippen molar-refractivity contribution >= 4 is 56.6 Å². The minimum Gasteiger partial charge on any atom is -0.292 e. The molecule has 5 nitrogen and oxygen atoms in total. The molecule has 1 fully saturated rings. The third kappa shape index (κ3) is 3.51. The summed E-state index contributed by atoms with van der Waals surface area (Å²) in [5, 5.41) is 1.35. The van der Waals surface area contributed by atoms with E-state index >= 15 is 0 Å². The highest BCUT2D eigenvalue weighted by molar-refractivity contribution is 8.18. The first-order valence-corrected chi connectivity index (χ1v) is 10.5. The fraction of sp³-hybridized carbons (Fsp3) is 0.0400. The Morgan fingerprint density at radius 2 is 1.42 bits per heavy atom. The van der Waals surface area contributed by atoms with E-state index in [1.165, 1.54) is 0 Å². The van der Waals surface area contributed by atoms with Crippen molar-refractivity contribution in [1.82, 2.24) is 9.88 Å². The van der Waals surface area contributed by atoms with Crippen LogP contribution in [0.5, 0.6) is 0 Å². The Labute approximate surface area is 182 Å². The molecule has 6 heteroatoms. The van der Waals surface area contributed by atoms with Gasteiger partial charge in [-0.2, -0.15) is 0 Å². The number of nitrogens with zero attached hydrogens (tertiary/aromatic N) is 2. The van der Waals surface area contributed by atoms with Crippen LogP contribution in [0.15, 0.2) is 83.8 Å². The van der Waals surface area contributed by atoms with Crippen molar-refractivity contribution in [2.45, 2.75) is 0 Å².